The van der Waals surface area contributed by atoms with Gasteiger partial charge < -0.3 is 0 Å². The van der Waals surface area contributed by atoms with E-state index in [-0.39, 0.29) is 17.0 Å². The van der Waals surface area contributed by atoms with Gasteiger partial charge in [-0.2, -0.15) is 15.6 Å². The van der Waals surface area contributed by atoms with Crippen LogP contribution in [-0.4, -0.2) is 21.3 Å². The van der Waals surface area contributed by atoms with Crippen molar-refractivity contribution in [3.8, 4) is 17.8 Å². The van der Waals surface area contributed by atoms with Gasteiger partial charge >= 0.3 is 0 Å². The van der Waals surface area contributed by atoms with E-state index in [1.165, 1.54) is 10.9 Å². The van der Waals surface area contributed by atoms with Crippen LogP contribution >= 0.6 is 0 Å². The number of para-hydroxylation sites is 1. The molecule has 6 heteroatoms. The third-order valence-electron chi connectivity index (χ3n) is 4.75. The summed E-state index contributed by atoms with van der Waals surface area (Å²) in [6.45, 7) is 0. The van der Waals surface area contributed by atoms with E-state index in [2.05, 4.69) is 5.10 Å². The molecule has 0 spiro atoms. The summed E-state index contributed by atoms with van der Waals surface area (Å²) in [4.78, 5) is 26.4. The predicted molar refractivity (Wildman–Crippen MR) is 113 cm³/mol. The van der Waals surface area contributed by atoms with Gasteiger partial charge in [-0.05, 0) is 60.7 Å². The summed E-state index contributed by atoms with van der Waals surface area (Å²) in [6.07, 6.45) is 1.53. The summed E-state index contributed by atoms with van der Waals surface area (Å²) in [7, 11) is 0. The summed E-state index contributed by atoms with van der Waals surface area (Å²) in [5, 5.41) is 22.4. The van der Waals surface area contributed by atoms with Gasteiger partial charge in [0.05, 0.1) is 34.5 Å². The normalized spacial score (nSPS) is 10.1. The van der Waals surface area contributed by atoms with Crippen LogP contribution in [0.3, 0.4) is 0 Å². The molecule has 0 N–H and O–H groups in total. The highest BCUT2D eigenvalue weighted by Crippen LogP contribution is 2.20. The van der Waals surface area contributed by atoms with Crippen molar-refractivity contribution in [2.24, 2.45) is 0 Å². The topological polar surface area (TPSA) is 99.5 Å². The molecular weight excluding hydrogens is 388 g/mol. The van der Waals surface area contributed by atoms with E-state index in [0.29, 0.717) is 27.9 Å². The molecule has 0 fully saturated rings. The van der Waals surface area contributed by atoms with Crippen molar-refractivity contribution < 1.29 is 9.59 Å². The van der Waals surface area contributed by atoms with E-state index in [0.717, 1.165) is 0 Å². The lowest BCUT2D eigenvalue weighted by Crippen LogP contribution is -2.10. The molecule has 0 aliphatic heterocycles. The Hall–Kier alpha value is -4.81. The molecule has 0 radical (unpaired) electrons. The number of nitrogens with zero attached hydrogens (tertiary/aromatic N) is 4. The fourth-order valence-corrected chi connectivity index (χ4v) is 3.11. The maximum atomic E-state index is 13.2. The van der Waals surface area contributed by atoms with E-state index >= 15 is 0 Å². The Morgan fingerprint density at radius 1 is 0.710 bits per heavy atom. The first-order chi connectivity index (χ1) is 15.1. The molecule has 4 rings (SSSR count). The SMILES string of the molecule is N#Cc1ccc(C(=O)c2cn(-c3ccccc3)nc2C(=O)c2ccc(C#N)cc2)cc1. The third-order valence-corrected chi connectivity index (χ3v) is 4.75. The van der Waals surface area contributed by atoms with Crippen molar-refractivity contribution in [1.82, 2.24) is 9.78 Å². The van der Waals surface area contributed by atoms with Gasteiger partial charge in [-0.25, -0.2) is 4.68 Å². The van der Waals surface area contributed by atoms with Gasteiger partial charge in [0.2, 0.25) is 5.78 Å². The van der Waals surface area contributed by atoms with Gasteiger partial charge in [0.15, 0.2) is 5.78 Å². The van der Waals surface area contributed by atoms with Gasteiger partial charge in [0.25, 0.3) is 0 Å². The second kappa shape index (κ2) is 8.28. The van der Waals surface area contributed by atoms with Crippen LogP contribution in [0.2, 0.25) is 0 Å². The Balaban J connectivity index is 1.81. The second-order valence-electron chi connectivity index (χ2n) is 6.71. The standard InChI is InChI=1S/C25H14N4O2/c26-14-17-6-10-19(11-7-17)24(30)22-16-29(21-4-2-1-3-5-21)28-23(22)25(31)20-12-8-18(15-27)9-13-20/h1-13,16H. The van der Waals surface area contributed by atoms with Crippen LogP contribution in [0.25, 0.3) is 5.69 Å². The zero-order valence-corrected chi connectivity index (χ0v) is 16.2. The van der Waals surface area contributed by atoms with E-state index < -0.39 is 5.78 Å². The summed E-state index contributed by atoms with van der Waals surface area (Å²) < 4.78 is 1.49. The van der Waals surface area contributed by atoms with E-state index in [1.54, 1.807) is 48.5 Å². The van der Waals surface area contributed by atoms with Crippen LogP contribution in [-0.2, 0) is 0 Å². The summed E-state index contributed by atoms with van der Waals surface area (Å²) in [5.74, 6) is -0.792. The van der Waals surface area contributed by atoms with Crippen LogP contribution in [0.1, 0.15) is 43.1 Å². The van der Waals surface area contributed by atoms with Crippen molar-refractivity contribution in [1.29, 1.82) is 10.5 Å². The number of hydrogen-bond donors (Lipinski definition) is 0. The predicted octanol–water partition coefficient (Wildman–Crippen LogP) is 4.08. The van der Waals surface area contributed by atoms with Crippen LogP contribution < -0.4 is 0 Å². The average Bonchev–Trinajstić information content (AvgIpc) is 3.29. The molecule has 0 bridgehead atoms. The van der Waals surface area contributed by atoms with Crippen molar-refractivity contribution >= 4 is 11.6 Å². The number of ketones is 2. The molecule has 0 atom stereocenters. The van der Waals surface area contributed by atoms with Gasteiger partial charge in [-0.1, -0.05) is 18.2 Å². The second-order valence-corrected chi connectivity index (χ2v) is 6.71. The fraction of sp³-hybridized carbons (Fsp3) is 0. The molecular formula is C25H14N4O2. The third kappa shape index (κ3) is 3.87. The molecule has 0 aliphatic rings. The molecule has 6 nitrogen and oxygen atoms in total. The molecule has 0 saturated heterocycles. The lowest BCUT2D eigenvalue weighted by atomic mass is 9.98. The summed E-state index contributed by atoms with van der Waals surface area (Å²) >= 11 is 0. The van der Waals surface area contributed by atoms with Gasteiger partial charge in [0, 0.05) is 17.3 Å². The molecule has 3 aromatic carbocycles. The molecule has 0 aliphatic carbocycles. The molecule has 0 unspecified atom stereocenters. The van der Waals surface area contributed by atoms with Gasteiger partial charge in [-0.3, -0.25) is 9.59 Å². The molecule has 0 saturated carbocycles. The lowest BCUT2D eigenvalue weighted by molar-refractivity contribution is 0.100. The largest absolute Gasteiger partial charge is 0.288 e. The Morgan fingerprint density at radius 3 is 1.74 bits per heavy atom. The first-order valence-electron chi connectivity index (χ1n) is 9.35. The monoisotopic (exact) mass is 402 g/mol. The number of benzene rings is 3. The first kappa shape index (κ1) is 19.5. The Bertz CT molecular complexity index is 1270. The fourth-order valence-electron chi connectivity index (χ4n) is 3.11. The van der Waals surface area contributed by atoms with Crippen LogP contribution in [0.5, 0.6) is 0 Å². The zero-order valence-electron chi connectivity index (χ0n) is 16.2. The minimum absolute atomic E-state index is 0.0166. The number of carbonyl (C=O) groups is 2. The number of nitriles is 2. The minimum atomic E-state index is -0.420. The lowest BCUT2D eigenvalue weighted by Gasteiger charge is -2.03. The Morgan fingerprint density at radius 2 is 1.23 bits per heavy atom. The van der Waals surface area contributed by atoms with E-state index in [4.69, 9.17) is 10.5 Å². The van der Waals surface area contributed by atoms with Crippen molar-refractivity contribution in [2.45, 2.75) is 0 Å². The highest BCUT2D eigenvalue weighted by Gasteiger charge is 2.24. The first-order valence-corrected chi connectivity index (χ1v) is 9.35. The maximum Gasteiger partial charge on any atom is 0.214 e. The number of hydrogen-bond acceptors (Lipinski definition) is 5. The molecule has 1 aromatic heterocycles. The average molecular weight is 402 g/mol. The zero-order chi connectivity index (χ0) is 21.8. The van der Waals surface area contributed by atoms with Crippen LogP contribution in [0.4, 0.5) is 0 Å². The quantitative estimate of drug-likeness (QED) is 0.468. The van der Waals surface area contributed by atoms with Crippen molar-refractivity contribution in [3.05, 3.63) is 119 Å². The van der Waals surface area contributed by atoms with Crippen molar-refractivity contribution in [2.75, 3.05) is 0 Å². The summed E-state index contributed by atoms with van der Waals surface area (Å²) in [5.41, 5.74) is 2.42. The molecule has 31 heavy (non-hydrogen) atoms. The maximum absolute atomic E-state index is 13.2. The molecule has 0 amide bonds. The number of aromatic nitrogens is 2. The number of carbonyl (C=O) groups excluding carboxylic acids is 2. The molecule has 146 valence electrons. The highest BCUT2D eigenvalue weighted by molar-refractivity contribution is 6.18. The molecule has 4 aromatic rings. The van der Waals surface area contributed by atoms with Gasteiger partial charge in [0.1, 0.15) is 5.69 Å². The van der Waals surface area contributed by atoms with E-state index in [9.17, 15) is 9.59 Å². The minimum Gasteiger partial charge on any atom is -0.288 e. The Labute approximate surface area is 178 Å². The number of rotatable bonds is 5. The smallest absolute Gasteiger partial charge is 0.214 e. The highest BCUT2D eigenvalue weighted by atomic mass is 16.1. The van der Waals surface area contributed by atoms with E-state index in [1.807, 2.05) is 42.5 Å². The van der Waals surface area contributed by atoms with Gasteiger partial charge in [-0.15, -0.1) is 0 Å². The van der Waals surface area contributed by atoms with Crippen molar-refractivity contribution in [3.63, 3.8) is 0 Å². The molecule has 1 heterocycles. The van der Waals surface area contributed by atoms with Crippen LogP contribution in [0.15, 0.2) is 85.1 Å². The Kier molecular flexibility index (Phi) is 5.21. The summed E-state index contributed by atoms with van der Waals surface area (Å²) in [6, 6.07) is 25.6. The van der Waals surface area contributed by atoms with Crippen LogP contribution in [0, 0.1) is 22.7 Å².